The predicted octanol–water partition coefficient (Wildman–Crippen LogP) is 4.82. The lowest BCUT2D eigenvalue weighted by Crippen LogP contribution is -2.49. The predicted molar refractivity (Wildman–Crippen MR) is 165 cm³/mol. The van der Waals surface area contributed by atoms with E-state index in [-0.39, 0.29) is 18.1 Å². The van der Waals surface area contributed by atoms with Gasteiger partial charge in [-0.1, -0.05) is 18.6 Å². The first-order valence-corrected chi connectivity index (χ1v) is 16.9. The Labute approximate surface area is 252 Å². The van der Waals surface area contributed by atoms with Crippen molar-refractivity contribution in [3.63, 3.8) is 0 Å². The van der Waals surface area contributed by atoms with Crippen molar-refractivity contribution < 1.29 is 18.8 Å². The van der Waals surface area contributed by atoms with Gasteiger partial charge in [0.2, 0.25) is 0 Å². The maximum Gasteiger partial charge on any atom is 0.329 e. The van der Waals surface area contributed by atoms with Crippen molar-refractivity contribution in [3.05, 3.63) is 52.4 Å². The summed E-state index contributed by atoms with van der Waals surface area (Å²) in [6.07, 6.45) is 6.69. The van der Waals surface area contributed by atoms with Crippen molar-refractivity contribution in [2.45, 2.75) is 64.1 Å². The van der Waals surface area contributed by atoms with Gasteiger partial charge in [0.25, 0.3) is 5.91 Å². The lowest BCUT2D eigenvalue weighted by Gasteiger charge is -2.35. The fraction of sp³-hybridized carbons (Fsp3) is 0.448. The van der Waals surface area contributed by atoms with Crippen LogP contribution in [0.25, 0.3) is 27.7 Å². The number of aromatic nitrogens is 4. The van der Waals surface area contributed by atoms with E-state index >= 15 is 0 Å². The number of nitrogens with one attached hydrogen (secondary N) is 1. The number of pyridine rings is 1. The van der Waals surface area contributed by atoms with Crippen molar-refractivity contribution in [2.75, 3.05) is 25.0 Å². The van der Waals surface area contributed by atoms with Crippen LogP contribution in [0.4, 0.5) is 5.82 Å². The first-order valence-electron chi connectivity index (χ1n) is 14.3. The van der Waals surface area contributed by atoms with Crippen molar-refractivity contribution >= 4 is 51.8 Å². The van der Waals surface area contributed by atoms with Crippen LogP contribution in [-0.2, 0) is 20.4 Å². The first kappa shape index (κ1) is 29.2. The number of halogens is 1. The zero-order chi connectivity index (χ0) is 29.6. The Kier molecular flexibility index (Phi) is 7.86. The molecule has 1 aliphatic carbocycles. The van der Waals surface area contributed by atoms with Crippen molar-refractivity contribution in [2.24, 2.45) is 0 Å². The van der Waals surface area contributed by atoms with E-state index in [1.54, 1.807) is 15.6 Å². The van der Waals surface area contributed by atoms with Crippen molar-refractivity contribution in [3.8, 4) is 11.1 Å². The van der Waals surface area contributed by atoms with Gasteiger partial charge < -0.3 is 20.8 Å². The Hall–Kier alpha value is -2.89. The van der Waals surface area contributed by atoms with Crippen LogP contribution in [0.2, 0.25) is 0 Å². The van der Waals surface area contributed by atoms with Crippen LogP contribution < -0.4 is 11.1 Å². The molecule has 1 unspecified atom stereocenters. The summed E-state index contributed by atoms with van der Waals surface area (Å²) in [5.74, 6) is 0.299. The molecule has 4 aromatic rings. The average Bonchev–Trinajstić information content (AvgIpc) is 3.61. The molecule has 1 atom stereocenters. The normalized spacial score (nSPS) is 18.4. The zero-order valence-electron chi connectivity index (χ0n) is 23.7. The van der Waals surface area contributed by atoms with E-state index in [9.17, 15) is 14.3 Å². The molecule has 4 N–H and O–H groups in total. The van der Waals surface area contributed by atoms with Crippen LogP contribution in [0.3, 0.4) is 0 Å². The molecule has 2 aliphatic rings. The summed E-state index contributed by atoms with van der Waals surface area (Å²) in [5.41, 5.74) is 10.6. The number of likely N-dealkylation sites (tertiary alicyclic amines) is 1. The summed E-state index contributed by atoms with van der Waals surface area (Å²) >= 11 is 3.61. The Morgan fingerprint density at radius 1 is 1.26 bits per heavy atom. The van der Waals surface area contributed by atoms with Gasteiger partial charge in [-0.3, -0.25) is 18.9 Å². The summed E-state index contributed by atoms with van der Waals surface area (Å²) in [4.78, 5) is 34.6. The number of hydrogen-bond acceptors (Lipinski definition) is 8. The smallest absolute Gasteiger partial charge is 0.329 e. The fourth-order valence-electron chi connectivity index (χ4n) is 5.64. The summed E-state index contributed by atoms with van der Waals surface area (Å²) < 4.78 is 20.2. The number of aryl methyl sites for hydroxylation is 1. The molecule has 3 aromatic heterocycles. The first-order chi connectivity index (χ1) is 20.1. The number of nitrogen functional groups attached to an aromatic ring is 1. The lowest BCUT2D eigenvalue weighted by molar-refractivity contribution is -0.142. The van der Waals surface area contributed by atoms with Gasteiger partial charge >= 0.3 is 7.60 Å². The Balaban J connectivity index is 1.13. The van der Waals surface area contributed by atoms with Gasteiger partial charge in [0.15, 0.2) is 11.2 Å². The molecule has 222 valence electrons. The van der Waals surface area contributed by atoms with Gasteiger partial charge in [-0.2, -0.15) is 9.61 Å². The van der Waals surface area contributed by atoms with Gasteiger partial charge in [-0.25, -0.2) is 4.98 Å². The number of carbonyl (C=O) groups excluding carboxylic acids is 1. The lowest BCUT2D eigenvalue weighted by atomic mass is 10.0. The van der Waals surface area contributed by atoms with E-state index in [0.29, 0.717) is 54.8 Å². The molecule has 1 aliphatic heterocycles. The molecule has 0 radical (unpaired) electrons. The number of benzene rings is 1. The largest absolute Gasteiger partial charge is 0.383 e. The molecule has 6 rings (SSSR count). The van der Waals surface area contributed by atoms with E-state index in [2.05, 4.69) is 50.4 Å². The highest BCUT2D eigenvalue weighted by molar-refractivity contribution is 9.10. The van der Waals surface area contributed by atoms with Crippen molar-refractivity contribution in [1.82, 2.24) is 29.8 Å². The minimum Gasteiger partial charge on any atom is -0.383 e. The molecule has 0 bridgehead atoms. The van der Waals surface area contributed by atoms with Crippen LogP contribution in [0, 0.1) is 6.92 Å². The summed E-state index contributed by atoms with van der Waals surface area (Å²) in [6.45, 7) is 5.48. The van der Waals surface area contributed by atoms with Crippen LogP contribution in [-0.4, -0.2) is 66.2 Å². The van der Waals surface area contributed by atoms with Gasteiger partial charge in [0.05, 0.1) is 21.9 Å². The number of carbonyl (C=O) groups is 1. The van der Waals surface area contributed by atoms with Gasteiger partial charge in [0.1, 0.15) is 5.82 Å². The molecular formula is C29H35BrN7O4P. The van der Waals surface area contributed by atoms with Crippen molar-refractivity contribution in [1.29, 1.82) is 0 Å². The maximum absolute atomic E-state index is 13.2. The Morgan fingerprint density at radius 2 is 2.02 bits per heavy atom. The molecule has 1 aromatic carbocycles. The second-order valence-corrected chi connectivity index (χ2v) is 14.1. The molecule has 1 amide bonds. The fourth-order valence-corrected chi connectivity index (χ4v) is 7.50. The van der Waals surface area contributed by atoms with E-state index < -0.39 is 13.2 Å². The number of rotatable bonds is 9. The zero-order valence-corrected chi connectivity index (χ0v) is 26.2. The van der Waals surface area contributed by atoms with Gasteiger partial charge in [-0.05, 0) is 73.2 Å². The third-order valence-electron chi connectivity index (χ3n) is 8.10. The standard InChI is InChI=1S/C29H35BrN7O4P/c1-3-12-42(39,40)41-29(8-9-29)28(38)36-10-6-21(7-11-36)32-17-24-25(30)26(31)37-27(35-24)22(16-34-37)20-14-19-13-18(2)4-5-23(19)33-15-20/h4-5,13-16,21,32H,3,6-12,17,31H2,1-2H3,(H,39,40). The number of hydrogen-bond donors (Lipinski definition) is 3. The highest BCUT2D eigenvalue weighted by Gasteiger charge is 2.56. The highest BCUT2D eigenvalue weighted by Crippen LogP contribution is 2.55. The number of nitrogens with two attached hydrogens (primary N) is 1. The van der Waals surface area contributed by atoms with Crippen LogP contribution in [0.15, 0.2) is 41.1 Å². The minimum atomic E-state index is -3.76. The molecule has 4 heterocycles. The number of anilines is 1. The topological polar surface area (TPSA) is 148 Å². The molecule has 2 fully saturated rings. The van der Waals surface area contributed by atoms with E-state index in [1.165, 1.54) is 5.56 Å². The SMILES string of the molecule is CCCP(=O)(O)OC1(C(=O)N2CCC(NCc3nc4c(-c5cnc6ccc(C)cc6c5)cnn4c(N)c3Br)CC2)CC1. The van der Waals surface area contributed by atoms with Crippen LogP contribution >= 0.6 is 23.5 Å². The summed E-state index contributed by atoms with van der Waals surface area (Å²) in [6, 6.07) is 8.45. The second kappa shape index (κ2) is 11.3. The molecular weight excluding hydrogens is 621 g/mol. The minimum absolute atomic E-state index is 0.0631. The monoisotopic (exact) mass is 655 g/mol. The third-order valence-corrected chi connectivity index (χ3v) is 10.6. The number of piperidine rings is 1. The van der Waals surface area contributed by atoms with E-state index in [0.717, 1.165) is 40.6 Å². The summed E-state index contributed by atoms with van der Waals surface area (Å²) in [5, 5.41) is 9.12. The molecule has 11 nitrogen and oxygen atoms in total. The highest BCUT2D eigenvalue weighted by atomic mass is 79.9. The third kappa shape index (κ3) is 5.70. The number of nitrogens with zero attached hydrogens (tertiary/aromatic N) is 5. The van der Waals surface area contributed by atoms with E-state index in [4.69, 9.17) is 15.2 Å². The van der Waals surface area contributed by atoms with E-state index in [1.807, 2.05) is 25.3 Å². The van der Waals surface area contributed by atoms with Crippen LogP contribution in [0.5, 0.6) is 0 Å². The Morgan fingerprint density at radius 3 is 2.74 bits per heavy atom. The molecule has 13 heteroatoms. The molecule has 1 saturated heterocycles. The quantitative estimate of drug-likeness (QED) is 0.216. The number of amides is 1. The second-order valence-electron chi connectivity index (χ2n) is 11.4. The molecule has 0 spiro atoms. The molecule has 42 heavy (non-hydrogen) atoms. The summed E-state index contributed by atoms with van der Waals surface area (Å²) in [7, 11) is -3.76. The average molecular weight is 657 g/mol. The number of fused-ring (bicyclic) bond motifs is 2. The molecule has 1 saturated carbocycles. The Bertz CT molecular complexity index is 1720. The van der Waals surface area contributed by atoms with Gasteiger partial charge in [0, 0.05) is 54.5 Å². The maximum atomic E-state index is 13.2. The van der Waals surface area contributed by atoms with Crippen LogP contribution in [0.1, 0.15) is 50.3 Å². The van der Waals surface area contributed by atoms with Gasteiger partial charge in [-0.15, -0.1) is 0 Å².